The van der Waals surface area contributed by atoms with Crippen LogP contribution >= 0.6 is 0 Å². The summed E-state index contributed by atoms with van der Waals surface area (Å²) in [5, 5.41) is 15.1. The van der Waals surface area contributed by atoms with E-state index < -0.39 is 18.0 Å². The Morgan fingerprint density at radius 3 is 2.65 bits per heavy atom. The molecule has 0 aromatic carbocycles. The van der Waals surface area contributed by atoms with Crippen LogP contribution in [-0.4, -0.2) is 27.0 Å². The lowest BCUT2D eigenvalue weighted by Crippen LogP contribution is -2.16. The average Bonchev–Trinajstić information content (AvgIpc) is 3.05. The molecule has 142 valence electrons. The van der Waals surface area contributed by atoms with Crippen molar-refractivity contribution in [1.29, 1.82) is 0 Å². The molecule has 1 aliphatic carbocycles. The van der Waals surface area contributed by atoms with Crippen LogP contribution in [0.5, 0.6) is 0 Å². The number of methoxy groups -OCH3 is 1. The lowest BCUT2D eigenvalue weighted by atomic mass is 9.83. The summed E-state index contributed by atoms with van der Waals surface area (Å²) in [6.45, 7) is 0.172. The van der Waals surface area contributed by atoms with E-state index >= 15 is 0 Å². The van der Waals surface area contributed by atoms with Gasteiger partial charge in [-0.3, -0.25) is 0 Å². The van der Waals surface area contributed by atoms with Crippen molar-refractivity contribution in [3.05, 3.63) is 41.3 Å². The van der Waals surface area contributed by atoms with Crippen LogP contribution in [0.4, 0.5) is 13.2 Å². The van der Waals surface area contributed by atoms with Gasteiger partial charge in [0, 0.05) is 18.9 Å². The van der Waals surface area contributed by atoms with E-state index in [0.717, 1.165) is 31.7 Å². The zero-order valence-corrected chi connectivity index (χ0v) is 14.5. The predicted octanol–water partition coefficient (Wildman–Crippen LogP) is 4.05. The molecular formula is C18H22F3N3O2. The topological polar surface area (TPSA) is 60.2 Å². The van der Waals surface area contributed by atoms with Gasteiger partial charge in [-0.15, -0.1) is 0 Å². The van der Waals surface area contributed by atoms with Gasteiger partial charge < -0.3 is 9.84 Å². The van der Waals surface area contributed by atoms with E-state index in [0.29, 0.717) is 11.3 Å². The third kappa shape index (κ3) is 4.07. The summed E-state index contributed by atoms with van der Waals surface area (Å²) in [5.41, 5.74) is 0.135. The molecule has 5 nitrogen and oxygen atoms in total. The van der Waals surface area contributed by atoms with Gasteiger partial charge in [0.05, 0.1) is 18.4 Å². The van der Waals surface area contributed by atoms with Gasteiger partial charge in [0.15, 0.2) is 5.82 Å². The fourth-order valence-corrected chi connectivity index (χ4v) is 3.45. The Kier molecular flexibility index (Phi) is 5.62. The Balaban J connectivity index is 1.94. The quantitative estimate of drug-likeness (QED) is 0.864. The van der Waals surface area contributed by atoms with Crippen molar-refractivity contribution in [3.8, 4) is 5.82 Å². The van der Waals surface area contributed by atoms with Crippen molar-refractivity contribution in [2.75, 3.05) is 7.11 Å². The van der Waals surface area contributed by atoms with Crippen LogP contribution in [-0.2, 0) is 17.5 Å². The summed E-state index contributed by atoms with van der Waals surface area (Å²) < 4.78 is 45.2. The molecule has 0 spiro atoms. The molecular weight excluding hydrogens is 347 g/mol. The van der Waals surface area contributed by atoms with Gasteiger partial charge in [0.2, 0.25) is 0 Å². The molecule has 1 saturated carbocycles. The van der Waals surface area contributed by atoms with Crippen LogP contribution in [0.2, 0.25) is 0 Å². The van der Waals surface area contributed by atoms with Crippen molar-refractivity contribution >= 4 is 0 Å². The van der Waals surface area contributed by atoms with Gasteiger partial charge in [-0.25, -0.2) is 9.67 Å². The van der Waals surface area contributed by atoms with Crippen molar-refractivity contribution in [1.82, 2.24) is 14.8 Å². The minimum Gasteiger partial charge on any atom is -0.388 e. The first-order valence-corrected chi connectivity index (χ1v) is 8.70. The standard InChI is InChI=1S/C18H22F3N3O2/c1-26-11-14-13(17(25)12-6-3-2-4-7-12)10-24(23-14)16-9-5-8-15(22-16)18(19,20)21/h5,8-10,12,17,25H,2-4,6-7,11H2,1H3. The highest BCUT2D eigenvalue weighted by Crippen LogP contribution is 2.36. The SMILES string of the molecule is COCc1nn(-c2cccc(C(F)(F)F)n2)cc1C(O)C1CCCCC1. The van der Waals surface area contributed by atoms with Crippen LogP contribution in [0.15, 0.2) is 24.4 Å². The summed E-state index contributed by atoms with van der Waals surface area (Å²) in [7, 11) is 1.51. The van der Waals surface area contributed by atoms with Crippen molar-refractivity contribution in [2.24, 2.45) is 5.92 Å². The first-order valence-electron chi connectivity index (χ1n) is 8.70. The molecule has 0 radical (unpaired) electrons. The monoisotopic (exact) mass is 369 g/mol. The fourth-order valence-electron chi connectivity index (χ4n) is 3.45. The number of nitrogens with zero attached hydrogens (tertiary/aromatic N) is 3. The summed E-state index contributed by atoms with van der Waals surface area (Å²) in [6.07, 6.45) is 1.51. The zero-order valence-electron chi connectivity index (χ0n) is 14.5. The molecule has 1 aliphatic rings. The van der Waals surface area contributed by atoms with Crippen molar-refractivity contribution < 1.29 is 23.0 Å². The second-order valence-electron chi connectivity index (χ2n) is 6.63. The van der Waals surface area contributed by atoms with Gasteiger partial charge in [0.25, 0.3) is 0 Å². The lowest BCUT2D eigenvalue weighted by molar-refractivity contribution is -0.141. The molecule has 0 saturated heterocycles. The molecule has 2 aromatic heterocycles. The number of rotatable bonds is 5. The van der Waals surface area contributed by atoms with E-state index in [1.165, 1.54) is 30.3 Å². The van der Waals surface area contributed by atoms with Crippen molar-refractivity contribution in [3.63, 3.8) is 0 Å². The molecule has 0 bridgehead atoms. The summed E-state index contributed by atoms with van der Waals surface area (Å²) in [6, 6.07) is 3.66. The minimum absolute atomic E-state index is 0.0549. The maximum absolute atomic E-state index is 12.9. The zero-order chi connectivity index (χ0) is 18.7. The Labute approximate surface area is 149 Å². The maximum atomic E-state index is 12.9. The summed E-state index contributed by atoms with van der Waals surface area (Å²) in [4.78, 5) is 3.65. The van der Waals surface area contributed by atoms with E-state index in [2.05, 4.69) is 10.1 Å². The van der Waals surface area contributed by atoms with Gasteiger partial charge in [-0.05, 0) is 30.9 Å². The number of hydrogen-bond donors (Lipinski definition) is 1. The van der Waals surface area contributed by atoms with Crippen LogP contribution in [0.1, 0.15) is 55.2 Å². The minimum atomic E-state index is -4.52. The average molecular weight is 369 g/mol. The molecule has 8 heteroatoms. The highest BCUT2D eigenvalue weighted by atomic mass is 19.4. The van der Waals surface area contributed by atoms with Crippen molar-refractivity contribution in [2.45, 2.75) is 51.0 Å². The fraction of sp³-hybridized carbons (Fsp3) is 0.556. The lowest BCUT2D eigenvalue weighted by Gasteiger charge is -2.26. The van der Waals surface area contributed by atoms with E-state index in [9.17, 15) is 18.3 Å². The summed E-state index contributed by atoms with van der Waals surface area (Å²) in [5.74, 6) is 0.186. The number of hydrogen-bond acceptors (Lipinski definition) is 4. The number of aromatic nitrogens is 3. The maximum Gasteiger partial charge on any atom is 0.433 e. The van der Waals surface area contributed by atoms with Crippen LogP contribution < -0.4 is 0 Å². The first-order chi connectivity index (χ1) is 12.4. The second kappa shape index (κ2) is 7.75. The van der Waals surface area contributed by atoms with Crippen LogP contribution in [0.25, 0.3) is 5.82 Å². The molecule has 1 unspecified atom stereocenters. The Hall–Kier alpha value is -1.93. The Morgan fingerprint density at radius 2 is 2.00 bits per heavy atom. The third-order valence-electron chi connectivity index (χ3n) is 4.78. The highest BCUT2D eigenvalue weighted by Gasteiger charge is 2.33. The normalized spacial score (nSPS) is 17.4. The van der Waals surface area contributed by atoms with Gasteiger partial charge in [-0.2, -0.15) is 18.3 Å². The molecule has 0 aliphatic heterocycles. The number of alkyl halides is 3. The number of halogens is 3. The predicted molar refractivity (Wildman–Crippen MR) is 88.6 cm³/mol. The smallest absolute Gasteiger partial charge is 0.388 e. The van der Waals surface area contributed by atoms with Crippen LogP contribution in [0, 0.1) is 5.92 Å². The van der Waals surface area contributed by atoms with Gasteiger partial charge >= 0.3 is 6.18 Å². The second-order valence-corrected chi connectivity index (χ2v) is 6.63. The molecule has 3 rings (SSSR count). The van der Waals surface area contributed by atoms with Crippen LogP contribution in [0.3, 0.4) is 0 Å². The van der Waals surface area contributed by atoms with Gasteiger partial charge in [-0.1, -0.05) is 25.3 Å². The molecule has 2 heterocycles. The summed E-state index contributed by atoms with van der Waals surface area (Å²) >= 11 is 0. The molecule has 26 heavy (non-hydrogen) atoms. The molecule has 2 aromatic rings. The highest BCUT2D eigenvalue weighted by molar-refractivity contribution is 5.30. The first kappa shape index (κ1) is 18.8. The number of aliphatic hydroxyl groups is 1. The molecule has 1 fully saturated rings. The van der Waals surface area contributed by atoms with E-state index in [1.807, 2.05) is 0 Å². The molecule has 1 N–H and O–H groups in total. The van der Waals surface area contributed by atoms with E-state index in [4.69, 9.17) is 4.74 Å². The van der Waals surface area contributed by atoms with Gasteiger partial charge in [0.1, 0.15) is 5.69 Å². The number of ether oxygens (including phenoxy) is 1. The van der Waals surface area contributed by atoms with E-state index in [-0.39, 0.29) is 18.3 Å². The number of pyridine rings is 1. The number of aliphatic hydroxyl groups excluding tert-OH is 1. The molecule has 1 atom stereocenters. The largest absolute Gasteiger partial charge is 0.433 e. The Morgan fingerprint density at radius 1 is 1.27 bits per heavy atom. The third-order valence-corrected chi connectivity index (χ3v) is 4.78. The van der Waals surface area contributed by atoms with E-state index in [1.54, 1.807) is 6.20 Å². The Bertz CT molecular complexity index is 740. The molecule has 0 amide bonds.